The summed E-state index contributed by atoms with van der Waals surface area (Å²) < 4.78 is 12.1. The predicted octanol–water partition coefficient (Wildman–Crippen LogP) is 1.28. The standard InChI is InChI=1S/C13H16N4O3S/c1-19-11(18)13(4-5-13)10-16-17-9(14-15-12(17)21-10)8-2-6-20-7-3-8/h8H,2-7H2,1H3. The minimum absolute atomic E-state index is 0.194. The van der Waals surface area contributed by atoms with Crippen molar-refractivity contribution in [3.8, 4) is 0 Å². The van der Waals surface area contributed by atoms with Gasteiger partial charge in [-0.1, -0.05) is 11.3 Å². The predicted molar refractivity (Wildman–Crippen MR) is 74.4 cm³/mol. The van der Waals surface area contributed by atoms with Gasteiger partial charge in [0.25, 0.3) is 0 Å². The van der Waals surface area contributed by atoms with Crippen molar-refractivity contribution < 1.29 is 14.3 Å². The third-order valence-corrected chi connectivity index (χ3v) is 5.44. The average molecular weight is 308 g/mol. The Morgan fingerprint density at radius 2 is 2.14 bits per heavy atom. The van der Waals surface area contributed by atoms with Crippen LogP contribution in [0.4, 0.5) is 0 Å². The monoisotopic (exact) mass is 308 g/mol. The maximum Gasteiger partial charge on any atom is 0.318 e. The molecule has 0 atom stereocenters. The number of hydrogen-bond donors (Lipinski definition) is 0. The van der Waals surface area contributed by atoms with Gasteiger partial charge in [-0.2, -0.15) is 9.61 Å². The molecule has 21 heavy (non-hydrogen) atoms. The molecule has 0 N–H and O–H groups in total. The largest absolute Gasteiger partial charge is 0.468 e. The van der Waals surface area contributed by atoms with Crippen LogP contribution in [-0.4, -0.2) is 46.1 Å². The fourth-order valence-corrected chi connectivity index (χ4v) is 3.94. The lowest BCUT2D eigenvalue weighted by atomic mass is 10.00. The molecule has 0 aromatic carbocycles. The lowest BCUT2D eigenvalue weighted by molar-refractivity contribution is -0.143. The van der Waals surface area contributed by atoms with Gasteiger partial charge in [-0.3, -0.25) is 4.79 Å². The number of aromatic nitrogens is 4. The topological polar surface area (TPSA) is 78.6 Å². The number of nitrogens with zero attached hydrogens (tertiary/aromatic N) is 4. The summed E-state index contributed by atoms with van der Waals surface area (Å²) in [4.78, 5) is 12.7. The lowest BCUT2D eigenvalue weighted by Gasteiger charge is -2.19. The first-order valence-electron chi connectivity index (χ1n) is 7.13. The van der Waals surface area contributed by atoms with Crippen LogP contribution in [0.25, 0.3) is 4.96 Å². The molecule has 2 fully saturated rings. The second kappa shape index (κ2) is 4.74. The van der Waals surface area contributed by atoms with Crippen molar-refractivity contribution in [3.05, 3.63) is 10.8 Å². The van der Waals surface area contributed by atoms with E-state index in [1.54, 1.807) is 4.52 Å². The number of fused-ring (bicyclic) bond motifs is 1. The highest BCUT2D eigenvalue weighted by Crippen LogP contribution is 2.50. The van der Waals surface area contributed by atoms with Crippen LogP contribution in [0.15, 0.2) is 0 Å². The molecule has 1 aliphatic heterocycles. The molecule has 0 amide bonds. The molecule has 7 nitrogen and oxygen atoms in total. The summed E-state index contributed by atoms with van der Waals surface area (Å²) in [5, 5.41) is 13.9. The van der Waals surface area contributed by atoms with Crippen LogP contribution in [0.5, 0.6) is 0 Å². The summed E-state index contributed by atoms with van der Waals surface area (Å²) in [5.74, 6) is 1.02. The molecule has 112 valence electrons. The minimum Gasteiger partial charge on any atom is -0.468 e. The molecule has 2 aromatic rings. The Labute approximate surface area is 125 Å². The molecule has 1 aliphatic carbocycles. The smallest absolute Gasteiger partial charge is 0.318 e. The van der Waals surface area contributed by atoms with E-state index >= 15 is 0 Å². The van der Waals surface area contributed by atoms with Crippen LogP contribution < -0.4 is 0 Å². The van der Waals surface area contributed by atoms with Crippen molar-refractivity contribution >= 4 is 22.3 Å². The minimum atomic E-state index is -0.535. The number of rotatable bonds is 3. The summed E-state index contributed by atoms with van der Waals surface area (Å²) in [5.41, 5.74) is -0.535. The fourth-order valence-electron chi connectivity index (χ4n) is 2.86. The average Bonchev–Trinajstić information content (AvgIpc) is 3.07. The molecule has 2 aliphatic rings. The van der Waals surface area contributed by atoms with Crippen molar-refractivity contribution in [2.75, 3.05) is 20.3 Å². The number of ether oxygens (including phenoxy) is 2. The maximum atomic E-state index is 12.0. The first-order chi connectivity index (χ1) is 10.2. The summed E-state index contributed by atoms with van der Waals surface area (Å²) >= 11 is 1.44. The lowest BCUT2D eigenvalue weighted by Crippen LogP contribution is -2.22. The molecule has 4 rings (SSSR count). The quantitative estimate of drug-likeness (QED) is 0.795. The molecule has 3 heterocycles. The van der Waals surface area contributed by atoms with Gasteiger partial charge in [0.15, 0.2) is 5.82 Å². The first-order valence-corrected chi connectivity index (χ1v) is 7.95. The molecule has 0 bridgehead atoms. The van der Waals surface area contributed by atoms with Gasteiger partial charge in [-0.05, 0) is 25.7 Å². The van der Waals surface area contributed by atoms with Crippen LogP contribution >= 0.6 is 11.3 Å². The van der Waals surface area contributed by atoms with Crippen LogP contribution in [0.2, 0.25) is 0 Å². The highest BCUT2D eigenvalue weighted by atomic mass is 32.1. The Balaban J connectivity index is 1.71. The van der Waals surface area contributed by atoms with E-state index in [2.05, 4.69) is 15.3 Å². The van der Waals surface area contributed by atoms with Crippen molar-refractivity contribution in [2.24, 2.45) is 0 Å². The summed E-state index contributed by atoms with van der Waals surface area (Å²) in [6.07, 6.45) is 3.48. The van der Waals surface area contributed by atoms with E-state index in [4.69, 9.17) is 9.47 Å². The Hall–Kier alpha value is -1.54. The van der Waals surface area contributed by atoms with Crippen LogP contribution in [-0.2, 0) is 19.7 Å². The third-order valence-electron chi connectivity index (χ3n) is 4.34. The maximum absolute atomic E-state index is 12.0. The van der Waals surface area contributed by atoms with Gasteiger partial charge in [0.05, 0.1) is 7.11 Å². The van der Waals surface area contributed by atoms with E-state index in [9.17, 15) is 4.79 Å². The van der Waals surface area contributed by atoms with Crippen molar-refractivity contribution in [1.82, 2.24) is 19.8 Å². The molecule has 1 saturated carbocycles. The Morgan fingerprint density at radius 3 is 2.81 bits per heavy atom. The normalized spacial score (nSPS) is 21.6. The summed E-state index contributed by atoms with van der Waals surface area (Å²) in [7, 11) is 1.43. The second-order valence-electron chi connectivity index (χ2n) is 5.62. The SMILES string of the molecule is COC(=O)C1(c2nn3c(C4CCOCC4)nnc3s2)CC1. The first kappa shape index (κ1) is 13.1. The zero-order valence-electron chi connectivity index (χ0n) is 11.7. The van der Waals surface area contributed by atoms with Gasteiger partial charge in [-0.15, -0.1) is 10.2 Å². The highest BCUT2D eigenvalue weighted by molar-refractivity contribution is 7.17. The molecule has 0 unspecified atom stereocenters. The van der Waals surface area contributed by atoms with E-state index in [0.29, 0.717) is 5.92 Å². The van der Waals surface area contributed by atoms with Gasteiger partial charge in [0, 0.05) is 19.1 Å². The van der Waals surface area contributed by atoms with Gasteiger partial charge in [0.2, 0.25) is 4.96 Å². The number of esters is 1. The van der Waals surface area contributed by atoms with Gasteiger partial charge in [0.1, 0.15) is 10.4 Å². The third kappa shape index (κ3) is 1.96. The second-order valence-corrected chi connectivity index (χ2v) is 6.58. The van der Waals surface area contributed by atoms with Crippen LogP contribution in [0.3, 0.4) is 0 Å². The van der Waals surface area contributed by atoms with Crippen LogP contribution in [0.1, 0.15) is 42.4 Å². The summed E-state index contributed by atoms with van der Waals surface area (Å²) in [6.45, 7) is 1.51. The zero-order valence-corrected chi connectivity index (χ0v) is 12.6. The number of carbonyl (C=O) groups excluding carboxylic acids is 1. The number of hydrogen-bond acceptors (Lipinski definition) is 7. The van der Waals surface area contributed by atoms with Crippen molar-refractivity contribution in [3.63, 3.8) is 0 Å². The van der Waals surface area contributed by atoms with Crippen LogP contribution in [0, 0.1) is 0 Å². The zero-order chi connectivity index (χ0) is 14.4. The highest BCUT2D eigenvalue weighted by Gasteiger charge is 2.55. The van der Waals surface area contributed by atoms with E-state index in [0.717, 1.165) is 54.7 Å². The Kier molecular flexibility index (Phi) is 2.97. The van der Waals surface area contributed by atoms with Crippen molar-refractivity contribution in [2.45, 2.75) is 37.0 Å². The van der Waals surface area contributed by atoms with E-state index < -0.39 is 5.41 Å². The van der Waals surface area contributed by atoms with E-state index in [1.165, 1.54) is 18.4 Å². The molecular weight excluding hydrogens is 292 g/mol. The van der Waals surface area contributed by atoms with E-state index in [1.807, 2.05) is 0 Å². The Bertz CT molecular complexity index is 685. The number of methoxy groups -OCH3 is 1. The molecule has 0 spiro atoms. The number of carbonyl (C=O) groups is 1. The molecule has 0 radical (unpaired) electrons. The molecule has 1 saturated heterocycles. The van der Waals surface area contributed by atoms with Gasteiger partial charge in [-0.25, -0.2) is 0 Å². The molecule has 8 heteroatoms. The molecule has 2 aromatic heterocycles. The molecular formula is C13H16N4O3S. The van der Waals surface area contributed by atoms with E-state index in [-0.39, 0.29) is 5.97 Å². The summed E-state index contributed by atoms with van der Waals surface area (Å²) in [6, 6.07) is 0. The Morgan fingerprint density at radius 1 is 1.38 bits per heavy atom. The van der Waals surface area contributed by atoms with Gasteiger partial charge >= 0.3 is 5.97 Å². The fraction of sp³-hybridized carbons (Fsp3) is 0.692. The van der Waals surface area contributed by atoms with Crippen molar-refractivity contribution in [1.29, 1.82) is 0 Å². The van der Waals surface area contributed by atoms with Gasteiger partial charge < -0.3 is 9.47 Å².